The number of ether oxygens (including phenoxy) is 2. The van der Waals surface area contributed by atoms with Gasteiger partial charge in [0.1, 0.15) is 18.2 Å². The van der Waals surface area contributed by atoms with Gasteiger partial charge in [-0.25, -0.2) is 15.0 Å². The molecular weight excluding hydrogens is 541 g/mol. The predicted octanol–water partition coefficient (Wildman–Crippen LogP) is 6.47. The molecule has 0 aliphatic heterocycles. The summed E-state index contributed by atoms with van der Waals surface area (Å²) in [7, 11) is -3.84. The van der Waals surface area contributed by atoms with Crippen LogP contribution in [-0.4, -0.2) is 56.7 Å². The van der Waals surface area contributed by atoms with Gasteiger partial charge >= 0.3 is 7.60 Å². The molecule has 3 N–H and O–H groups in total. The quantitative estimate of drug-likeness (QED) is 0.101. The number of rotatable bonds is 20. The van der Waals surface area contributed by atoms with Gasteiger partial charge in [0.05, 0.1) is 25.6 Å². The van der Waals surface area contributed by atoms with Crippen molar-refractivity contribution in [1.82, 2.24) is 19.5 Å². The summed E-state index contributed by atoms with van der Waals surface area (Å²) in [6.45, 7) is 3.59. The average molecular weight is 592 g/mol. The lowest BCUT2D eigenvalue weighted by atomic mass is 9.90. The molecule has 0 radical (unpaired) electrons. The van der Waals surface area contributed by atoms with Gasteiger partial charge < -0.3 is 29.2 Å². The zero-order chi connectivity index (χ0) is 29.2. The number of anilines is 1. The summed E-state index contributed by atoms with van der Waals surface area (Å²) in [5.41, 5.74) is 6.92. The Morgan fingerprint density at radius 2 is 1.71 bits per heavy atom. The van der Waals surface area contributed by atoms with Gasteiger partial charge in [-0.3, -0.25) is 4.57 Å². The zero-order valence-corrected chi connectivity index (χ0v) is 25.7. The number of aromatic nitrogens is 4. The van der Waals surface area contributed by atoms with Gasteiger partial charge in [-0.15, -0.1) is 5.92 Å². The molecule has 0 spiro atoms. The minimum absolute atomic E-state index is 0.153. The Morgan fingerprint density at radius 1 is 1.00 bits per heavy atom. The number of hydrogen-bond donors (Lipinski definition) is 2. The van der Waals surface area contributed by atoms with Crippen molar-refractivity contribution < 1.29 is 23.5 Å². The Kier molecular flexibility index (Phi) is 15.7. The number of nitrogen functional groups attached to an aromatic ring is 1. The Hall–Kier alpha value is -2.02. The lowest BCUT2D eigenvalue weighted by Gasteiger charge is -2.17. The van der Waals surface area contributed by atoms with Crippen molar-refractivity contribution in [2.45, 2.75) is 116 Å². The maximum atomic E-state index is 12.3. The molecule has 11 heteroatoms. The Morgan fingerprint density at radius 3 is 2.49 bits per heavy atom. The van der Waals surface area contributed by atoms with Crippen molar-refractivity contribution in [2.75, 3.05) is 31.9 Å². The number of nitrogens with zero attached hydrogens (tertiary/aromatic N) is 4. The van der Waals surface area contributed by atoms with E-state index in [0.29, 0.717) is 42.5 Å². The molecule has 2 aromatic rings. The van der Waals surface area contributed by atoms with Crippen molar-refractivity contribution in [1.29, 1.82) is 0 Å². The van der Waals surface area contributed by atoms with E-state index < -0.39 is 7.60 Å². The lowest BCUT2D eigenvalue weighted by Crippen LogP contribution is -2.17. The Bertz CT molecular complexity index is 1110. The molecule has 0 saturated heterocycles. The molecule has 1 saturated carbocycles. The second-order valence-electron chi connectivity index (χ2n) is 11.1. The van der Waals surface area contributed by atoms with E-state index in [1.807, 2.05) is 0 Å². The predicted molar refractivity (Wildman–Crippen MR) is 162 cm³/mol. The summed E-state index contributed by atoms with van der Waals surface area (Å²) in [6.07, 6.45) is 20.6. The van der Waals surface area contributed by atoms with Crippen molar-refractivity contribution in [3.8, 4) is 11.8 Å². The first-order valence-electron chi connectivity index (χ1n) is 15.5. The maximum absolute atomic E-state index is 12.3. The summed E-state index contributed by atoms with van der Waals surface area (Å²) in [6, 6.07) is 0. The van der Waals surface area contributed by atoms with Gasteiger partial charge in [-0.1, -0.05) is 63.7 Å². The summed E-state index contributed by atoms with van der Waals surface area (Å²) in [4.78, 5) is 22.4. The molecule has 0 aromatic carbocycles. The third kappa shape index (κ3) is 13.7. The van der Waals surface area contributed by atoms with Crippen LogP contribution in [0.15, 0.2) is 12.7 Å². The second kappa shape index (κ2) is 19.2. The first-order chi connectivity index (χ1) is 19.9. The summed E-state index contributed by atoms with van der Waals surface area (Å²) in [5, 5.41) is 0. The fraction of sp³-hybridized carbons (Fsp3) is 0.767. The Balaban J connectivity index is 1.09. The van der Waals surface area contributed by atoms with Crippen molar-refractivity contribution in [2.24, 2.45) is 5.92 Å². The highest BCUT2D eigenvalue weighted by Crippen LogP contribution is 2.42. The van der Waals surface area contributed by atoms with E-state index in [1.165, 1.54) is 83.4 Å². The van der Waals surface area contributed by atoms with Crippen LogP contribution < -0.4 is 5.73 Å². The lowest BCUT2D eigenvalue weighted by molar-refractivity contribution is 0.0688. The molecule has 2 atom stereocenters. The van der Waals surface area contributed by atoms with Crippen LogP contribution in [0.25, 0.3) is 11.2 Å². The van der Waals surface area contributed by atoms with Crippen LogP contribution in [0.3, 0.4) is 0 Å². The minimum atomic E-state index is -3.84. The van der Waals surface area contributed by atoms with E-state index in [-0.39, 0.29) is 19.1 Å². The van der Waals surface area contributed by atoms with Crippen molar-refractivity contribution >= 4 is 24.6 Å². The number of hydrogen-bond acceptors (Lipinski definition) is 8. The topological polar surface area (TPSA) is 135 Å². The van der Waals surface area contributed by atoms with Crippen molar-refractivity contribution in [3.05, 3.63) is 12.7 Å². The molecule has 2 aromatic heterocycles. The van der Waals surface area contributed by atoms with E-state index in [9.17, 15) is 9.46 Å². The van der Waals surface area contributed by atoms with Gasteiger partial charge in [-0.2, -0.15) is 0 Å². The normalized spacial score (nSPS) is 16.3. The van der Waals surface area contributed by atoms with Crippen LogP contribution in [0.1, 0.15) is 103 Å². The number of imidazole rings is 1. The van der Waals surface area contributed by atoms with Crippen LogP contribution in [0.5, 0.6) is 0 Å². The Labute approximate surface area is 245 Å². The van der Waals surface area contributed by atoms with Gasteiger partial charge in [0, 0.05) is 25.6 Å². The van der Waals surface area contributed by atoms with Crippen LogP contribution in [-0.2, 0) is 25.1 Å². The molecule has 3 rings (SSSR count). The molecule has 1 unspecified atom stereocenters. The standard InChI is InChI=1S/C30H50N5O5P/c1-26(22-35-24-34-28-29(31)32-23-33-30(28)35)39-25-41(36,37)40-21-15-20-38-19-14-9-7-5-3-2-4-6-8-11-16-27-17-12-10-13-18-27/h23-24,26-27H,2-10,12-15,17-22,25H2,1H3,(H,36,37)(H2,31,32,33)/t26-/m1/s1. The summed E-state index contributed by atoms with van der Waals surface area (Å²) in [5.74, 6) is 7.89. The first kappa shape index (κ1) is 33.5. The van der Waals surface area contributed by atoms with E-state index in [4.69, 9.17) is 19.7 Å². The van der Waals surface area contributed by atoms with Crippen LogP contribution in [0, 0.1) is 17.8 Å². The molecule has 1 aliphatic carbocycles. The average Bonchev–Trinajstić information content (AvgIpc) is 3.38. The third-order valence-electron chi connectivity index (χ3n) is 7.38. The van der Waals surface area contributed by atoms with E-state index in [2.05, 4.69) is 26.8 Å². The van der Waals surface area contributed by atoms with Gasteiger partial charge in [0.2, 0.25) is 0 Å². The number of unbranched alkanes of at least 4 members (excludes halogenated alkanes) is 8. The van der Waals surface area contributed by atoms with Gasteiger partial charge in [0.25, 0.3) is 0 Å². The maximum Gasteiger partial charge on any atom is 0.353 e. The fourth-order valence-corrected chi connectivity index (χ4v) is 5.96. The molecule has 1 fully saturated rings. The molecule has 2 heterocycles. The van der Waals surface area contributed by atoms with Crippen LogP contribution in [0.2, 0.25) is 0 Å². The van der Waals surface area contributed by atoms with Crippen LogP contribution >= 0.6 is 7.60 Å². The van der Waals surface area contributed by atoms with Gasteiger partial charge in [-0.05, 0) is 39.0 Å². The molecule has 1 aliphatic rings. The SMILES string of the molecule is C[C@H](Cn1cnc2c(N)ncnc21)OCP(=O)(O)OCCCOCCCCCCCCCCC#CC1CCCCC1. The molecular formula is C30H50N5O5P. The van der Waals surface area contributed by atoms with E-state index in [0.717, 1.165) is 19.4 Å². The monoisotopic (exact) mass is 591 g/mol. The smallest absolute Gasteiger partial charge is 0.353 e. The van der Waals surface area contributed by atoms with Crippen LogP contribution in [0.4, 0.5) is 5.82 Å². The van der Waals surface area contributed by atoms with Gasteiger partial charge in [0.15, 0.2) is 11.5 Å². The minimum Gasteiger partial charge on any atom is -0.382 e. The zero-order valence-electron chi connectivity index (χ0n) is 24.8. The molecule has 230 valence electrons. The third-order valence-corrected chi connectivity index (χ3v) is 8.44. The summed E-state index contributed by atoms with van der Waals surface area (Å²) < 4.78 is 30.5. The molecule has 41 heavy (non-hydrogen) atoms. The van der Waals surface area contributed by atoms with E-state index >= 15 is 0 Å². The second-order valence-corrected chi connectivity index (χ2v) is 12.9. The van der Waals surface area contributed by atoms with E-state index in [1.54, 1.807) is 17.8 Å². The van der Waals surface area contributed by atoms with Crippen molar-refractivity contribution in [3.63, 3.8) is 0 Å². The summed E-state index contributed by atoms with van der Waals surface area (Å²) >= 11 is 0. The molecule has 0 amide bonds. The number of nitrogens with two attached hydrogens (primary N) is 1. The molecule has 10 nitrogen and oxygen atoms in total. The number of fused-ring (bicyclic) bond motifs is 1. The molecule has 0 bridgehead atoms. The fourth-order valence-electron chi connectivity index (χ4n) is 5.03. The highest BCUT2D eigenvalue weighted by molar-refractivity contribution is 7.52. The highest BCUT2D eigenvalue weighted by atomic mass is 31.2. The highest BCUT2D eigenvalue weighted by Gasteiger charge is 2.21. The first-order valence-corrected chi connectivity index (χ1v) is 17.3. The largest absolute Gasteiger partial charge is 0.382 e.